The minimum atomic E-state index is -4.21. The van der Waals surface area contributed by atoms with Crippen molar-refractivity contribution in [2.75, 3.05) is 6.54 Å². The molecule has 0 heterocycles. The molecule has 2 N–H and O–H groups in total. The predicted molar refractivity (Wildman–Crippen MR) is 48.5 cm³/mol. The molecule has 0 aliphatic carbocycles. The molecule has 0 rings (SSSR count). The van der Waals surface area contributed by atoms with Crippen molar-refractivity contribution < 1.29 is 17.8 Å². The van der Waals surface area contributed by atoms with Gasteiger partial charge >= 0.3 is 0 Å². The molecule has 0 unspecified atom stereocenters. The van der Waals surface area contributed by atoms with E-state index in [2.05, 4.69) is 11.9 Å². The lowest BCUT2D eigenvalue weighted by molar-refractivity contribution is -0.116. The van der Waals surface area contributed by atoms with E-state index in [4.69, 9.17) is 4.55 Å². The third-order valence-electron chi connectivity index (χ3n) is 1.28. The molecule has 0 atom stereocenters. The van der Waals surface area contributed by atoms with Gasteiger partial charge in [-0.25, -0.2) is 0 Å². The Kier molecular flexibility index (Phi) is 4.36. The van der Waals surface area contributed by atoms with Crippen LogP contribution in [0.2, 0.25) is 0 Å². The molecule has 0 aliphatic rings. The van der Waals surface area contributed by atoms with Crippen LogP contribution < -0.4 is 5.32 Å². The highest BCUT2D eigenvalue weighted by atomic mass is 32.2. The highest BCUT2D eigenvalue weighted by molar-refractivity contribution is 7.89. The highest BCUT2D eigenvalue weighted by Gasteiger charge is 2.12. The fraction of sp³-hybridized carbons (Fsp3) is 0.286. The molecule has 0 spiro atoms. The normalized spacial score (nSPS) is 12.3. The Morgan fingerprint density at radius 1 is 1.62 bits per heavy atom. The summed E-state index contributed by atoms with van der Waals surface area (Å²) in [6.45, 7) is 4.39. The lowest BCUT2D eigenvalue weighted by atomic mass is 10.5. The van der Waals surface area contributed by atoms with E-state index in [0.717, 1.165) is 6.08 Å². The van der Waals surface area contributed by atoms with Crippen LogP contribution in [-0.4, -0.2) is 25.4 Å². The van der Waals surface area contributed by atoms with Crippen molar-refractivity contribution in [1.29, 1.82) is 0 Å². The third kappa shape index (κ3) is 4.44. The molecule has 0 saturated heterocycles. The number of carbonyl (C=O) groups is 1. The molecular weight excluding hydrogens is 194 g/mol. The van der Waals surface area contributed by atoms with Gasteiger partial charge in [0, 0.05) is 0 Å². The molecular formula is C7H11NO4S. The van der Waals surface area contributed by atoms with Gasteiger partial charge in [0.15, 0.2) is 0 Å². The maximum Gasteiger partial charge on any atom is 0.292 e. The van der Waals surface area contributed by atoms with Crippen LogP contribution in [0.25, 0.3) is 0 Å². The number of rotatable bonds is 4. The van der Waals surface area contributed by atoms with Gasteiger partial charge in [0.2, 0.25) is 5.91 Å². The Balaban J connectivity index is 4.36. The summed E-state index contributed by atoms with van der Waals surface area (Å²) in [5, 5.41) is 2.23. The monoisotopic (exact) mass is 205 g/mol. The predicted octanol–water partition coefficient (Wildman–Crippen LogP) is 0.0802. The zero-order chi connectivity index (χ0) is 10.5. The van der Waals surface area contributed by atoms with Crippen molar-refractivity contribution in [1.82, 2.24) is 5.32 Å². The Morgan fingerprint density at radius 3 is 2.46 bits per heavy atom. The van der Waals surface area contributed by atoms with E-state index in [1.807, 2.05) is 0 Å². The van der Waals surface area contributed by atoms with E-state index < -0.39 is 16.0 Å². The van der Waals surface area contributed by atoms with Crippen molar-refractivity contribution in [2.45, 2.75) is 6.92 Å². The van der Waals surface area contributed by atoms with Crippen molar-refractivity contribution in [3.8, 4) is 0 Å². The molecule has 0 saturated carbocycles. The second-order valence-corrected chi connectivity index (χ2v) is 3.63. The quantitative estimate of drug-likeness (QED) is 0.503. The van der Waals surface area contributed by atoms with Gasteiger partial charge in [-0.05, 0) is 13.0 Å². The molecule has 74 valence electrons. The summed E-state index contributed by atoms with van der Waals surface area (Å²) in [5.74, 6) is -0.497. The van der Waals surface area contributed by atoms with Crippen molar-refractivity contribution in [2.24, 2.45) is 0 Å². The first-order valence-corrected chi connectivity index (χ1v) is 4.88. The van der Waals surface area contributed by atoms with E-state index in [1.54, 1.807) is 0 Å². The molecule has 1 amide bonds. The summed E-state index contributed by atoms with van der Waals surface area (Å²) >= 11 is 0. The third-order valence-corrected chi connectivity index (χ3v) is 2.32. The second-order valence-electron chi connectivity index (χ2n) is 2.15. The van der Waals surface area contributed by atoms with Crippen molar-refractivity contribution in [3.05, 3.63) is 23.6 Å². The van der Waals surface area contributed by atoms with Gasteiger partial charge in [-0.15, -0.1) is 0 Å². The molecule has 0 radical (unpaired) electrons. The highest BCUT2D eigenvalue weighted by Crippen LogP contribution is 2.01. The van der Waals surface area contributed by atoms with Crippen LogP contribution in [0.3, 0.4) is 0 Å². The van der Waals surface area contributed by atoms with Crippen LogP contribution in [0.5, 0.6) is 0 Å². The van der Waals surface area contributed by atoms with Gasteiger partial charge in [-0.1, -0.05) is 12.7 Å². The maximum absolute atomic E-state index is 10.6. The first-order valence-electron chi connectivity index (χ1n) is 3.44. The van der Waals surface area contributed by atoms with E-state index in [-0.39, 0.29) is 11.4 Å². The lowest BCUT2D eigenvalue weighted by Crippen LogP contribution is -2.25. The standard InChI is InChI=1S/C7H11NO4S/c1-3-6(13(10,11)12)5-8-7(9)4-2/h3-4H,2,5H2,1H3,(H,8,9)(H,10,11,12). The zero-order valence-electron chi connectivity index (χ0n) is 7.15. The summed E-state index contributed by atoms with van der Waals surface area (Å²) < 4.78 is 29.7. The maximum atomic E-state index is 10.6. The Morgan fingerprint density at radius 2 is 2.15 bits per heavy atom. The van der Waals surface area contributed by atoms with Gasteiger partial charge in [-0.2, -0.15) is 8.42 Å². The Labute approximate surface area is 76.9 Å². The first kappa shape index (κ1) is 11.9. The van der Waals surface area contributed by atoms with Crippen LogP contribution in [0.1, 0.15) is 6.92 Å². The minimum absolute atomic E-state index is 0.236. The zero-order valence-corrected chi connectivity index (χ0v) is 7.97. The summed E-state index contributed by atoms with van der Waals surface area (Å²) in [6, 6.07) is 0. The summed E-state index contributed by atoms with van der Waals surface area (Å²) in [7, 11) is -4.21. The number of hydrogen-bond acceptors (Lipinski definition) is 3. The molecule has 0 aromatic rings. The summed E-state index contributed by atoms with van der Waals surface area (Å²) in [6.07, 6.45) is 2.22. The molecule has 0 aromatic heterocycles. The van der Waals surface area contributed by atoms with E-state index in [1.165, 1.54) is 13.0 Å². The van der Waals surface area contributed by atoms with Gasteiger partial charge in [-0.3, -0.25) is 9.35 Å². The molecule has 0 bridgehead atoms. The minimum Gasteiger partial charge on any atom is -0.348 e. The van der Waals surface area contributed by atoms with Gasteiger partial charge in [0.25, 0.3) is 10.1 Å². The first-order chi connectivity index (χ1) is 5.91. The molecule has 13 heavy (non-hydrogen) atoms. The lowest BCUT2D eigenvalue weighted by Gasteiger charge is -2.03. The average molecular weight is 205 g/mol. The number of allylic oxidation sites excluding steroid dienone is 1. The topological polar surface area (TPSA) is 83.5 Å². The summed E-state index contributed by atoms with van der Waals surface area (Å²) in [4.78, 5) is 10.4. The molecule has 5 nitrogen and oxygen atoms in total. The smallest absolute Gasteiger partial charge is 0.292 e. The van der Waals surface area contributed by atoms with Gasteiger partial charge in [0.05, 0.1) is 11.4 Å². The second kappa shape index (κ2) is 4.78. The van der Waals surface area contributed by atoms with Crippen LogP contribution in [-0.2, 0) is 14.9 Å². The fourth-order valence-corrected chi connectivity index (χ4v) is 1.14. The number of amides is 1. The van der Waals surface area contributed by atoms with Crippen LogP contribution >= 0.6 is 0 Å². The van der Waals surface area contributed by atoms with Crippen LogP contribution in [0.15, 0.2) is 23.6 Å². The van der Waals surface area contributed by atoms with Gasteiger partial charge < -0.3 is 5.32 Å². The molecule has 0 aromatic carbocycles. The Hall–Kier alpha value is -1.14. The number of nitrogens with one attached hydrogen (secondary N) is 1. The SMILES string of the molecule is C=CC(=O)NCC(=CC)S(=O)(=O)O. The van der Waals surface area contributed by atoms with Crippen LogP contribution in [0, 0.1) is 0 Å². The Bertz CT molecular complexity index is 328. The molecule has 0 fully saturated rings. The van der Waals surface area contributed by atoms with Crippen molar-refractivity contribution in [3.63, 3.8) is 0 Å². The number of carbonyl (C=O) groups excluding carboxylic acids is 1. The number of hydrogen-bond donors (Lipinski definition) is 2. The molecule has 0 aliphatic heterocycles. The van der Waals surface area contributed by atoms with Gasteiger partial charge in [0.1, 0.15) is 0 Å². The van der Waals surface area contributed by atoms with Crippen LogP contribution in [0.4, 0.5) is 0 Å². The van der Waals surface area contributed by atoms with Crippen molar-refractivity contribution >= 4 is 16.0 Å². The molecule has 6 heteroatoms. The van der Waals surface area contributed by atoms with E-state index in [9.17, 15) is 13.2 Å². The largest absolute Gasteiger partial charge is 0.348 e. The fourth-order valence-electron chi connectivity index (χ4n) is 0.589. The van der Waals surface area contributed by atoms with E-state index in [0.29, 0.717) is 0 Å². The average Bonchev–Trinajstić information content (AvgIpc) is 2.02. The summed E-state index contributed by atoms with van der Waals surface area (Å²) in [5.41, 5.74) is 0. The van der Waals surface area contributed by atoms with E-state index >= 15 is 0 Å².